The van der Waals surface area contributed by atoms with E-state index in [1.165, 1.54) is 0 Å². The van der Waals surface area contributed by atoms with E-state index < -0.39 is 12.1 Å². The Morgan fingerprint density at radius 1 is 1.15 bits per heavy atom. The van der Waals surface area contributed by atoms with Gasteiger partial charge in [0.1, 0.15) is 6.04 Å². The number of nitrogens with one attached hydrogen (secondary N) is 3. The summed E-state index contributed by atoms with van der Waals surface area (Å²) in [5, 5.41) is 7.57. The number of rotatable bonds is 3. The molecule has 1 aromatic rings. The highest BCUT2D eigenvalue weighted by molar-refractivity contribution is 6.04. The van der Waals surface area contributed by atoms with Gasteiger partial charge >= 0.3 is 6.03 Å². The predicted molar refractivity (Wildman–Crippen MR) is 71.8 cm³/mol. The number of benzene rings is 1. The molecule has 0 radical (unpaired) electrons. The van der Waals surface area contributed by atoms with Crippen LogP contribution in [0.15, 0.2) is 24.3 Å². The molecular formula is C14H15N3O3. The van der Waals surface area contributed by atoms with Crippen LogP contribution < -0.4 is 16.0 Å². The van der Waals surface area contributed by atoms with Crippen LogP contribution in [0.25, 0.3) is 0 Å². The molecule has 1 aliphatic carbocycles. The van der Waals surface area contributed by atoms with Crippen molar-refractivity contribution < 1.29 is 14.4 Å². The first-order chi connectivity index (χ1) is 9.63. The van der Waals surface area contributed by atoms with Gasteiger partial charge in [0.05, 0.1) is 0 Å². The quantitative estimate of drug-likeness (QED) is 0.725. The van der Waals surface area contributed by atoms with Gasteiger partial charge in [0, 0.05) is 11.6 Å². The van der Waals surface area contributed by atoms with E-state index in [9.17, 15) is 14.4 Å². The summed E-state index contributed by atoms with van der Waals surface area (Å²) in [6, 6.07) is 5.80. The third kappa shape index (κ3) is 2.36. The third-order valence-electron chi connectivity index (χ3n) is 3.76. The number of carbonyl (C=O) groups is 3. The maximum atomic E-state index is 11.8. The standard InChI is InChI=1S/C14H15N3O3/c18-12(9-2-1-3-9)15-10-6-4-8(5-7-10)11-13(19)17-14(20)16-11/h4-7,9,11H,1-3H2,(H,15,18)(H2,16,17,19,20). The fourth-order valence-electron chi connectivity index (χ4n) is 2.33. The minimum atomic E-state index is -0.654. The van der Waals surface area contributed by atoms with Crippen molar-refractivity contribution in [2.45, 2.75) is 25.3 Å². The minimum absolute atomic E-state index is 0.0518. The molecule has 2 fully saturated rings. The van der Waals surface area contributed by atoms with Gasteiger partial charge in [-0.25, -0.2) is 4.79 Å². The summed E-state index contributed by atoms with van der Waals surface area (Å²) in [7, 11) is 0. The highest BCUT2D eigenvalue weighted by Crippen LogP contribution is 2.28. The first-order valence-electron chi connectivity index (χ1n) is 6.65. The molecule has 6 heteroatoms. The predicted octanol–water partition coefficient (Wildman–Crippen LogP) is 1.31. The Morgan fingerprint density at radius 2 is 1.85 bits per heavy atom. The molecule has 1 heterocycles. The van der Waals surface area contributed by atoms with Crippen LogP contribution in [-0.2, 0) is 9.59 Å². The van der Waals surface area contributed by atoms with Crippen LogP contribution in [0, 0.1) is 5.92 Å². The molecule has 1 aromatic carbocycles. The normalized spacial score (nSPS) is 21.9. The Hall–Kier alpha value is -2.37. The van der Waals surface area contributed by atoms with Crippen molar-refractivity contribution >= 4 is 23.5 Å². The van der Waals surface area contributed by atoms with Crippen LogP contribution in [-0.4, -0.2) is 17.8 Å². The fourth-order valence-corrected chi connectivity index (χ4v) is 2.33. The van der Waals surface area contributed by atoms with E-state index in [2.05, 4.69) is 16.0 Å². The molecule has 1 saturated carbocycles. The summed E-state index contributed by atoms with van der Waals surface area (Å²) >= 11 is 0. The van der Waals surface area contributed by atoms with Crippen molar-refractivity contribution in [1.82, 2.24) is 10.6 Å². The van der Waals surface area contributed by atoms with E-state index in [0.29, 0.717) is 11.3 Å². The summed E-state index contributed by atoms with van der Waals surface area (Å²) in [4.78, 5) is 34.4. The van der Waals surface area contributed by atoms with Gasteiger partial charge in [0.2, 0.25) is 5.91 Å². The van der Waals surface area contributed by atoms with E-state index in [-0.39, 0.29) is 17.7 Å². The SMILES string of the molecule is O=C1NC(=O)C(c2ccc(NC(=O)C3CCC3)cc2)N1. The van der Waals surface area contributed by atoms with Gasteiger partial charge in [-0.3, -0.25) is 14.9 Å². The van der Waals surface area contributed by atoms with Crippen molar-refractivity contribution in [3.05, 3.63) is 29.8 Å². The zero-order valence-corrected chi connectivity index (χ0v) is 10.8. The van der Waals surface area contributed by atoms with Crippen LogP contribution in [0.4, 0.5) is 10.5 Å². The van der Waals surface area contributed by atoms with Crippen molar-refractivity contribution in [2.24, 2.45) is 5.92 Å². The molecule has 6 nitrogen and oxygen atoms in total. The van der Waals surface area contributed by atoms with E-state index in [1.54, 1.807) is 24.3 Å². The highest BCUT2D eigenvalue weighted by atomic mass is 16.2. The van der Waals surface area contributed by atoms with E-state index in [1.807, 2.05) is 0 Å². The molecule has 104 valence electrons. The number of carbonyl (C=O) groups excluding carboxylic acids is 3. The molecule has 0 aromatic heterocycles. The molecule has 1 atom stereocenters. The van der Waals surface area contributed by atoms with Crippen molar-refractivity contribution in [3.63, 3.8) is 0 Å². The second-order valence-corrected chi connectivity index (χ2v) is 5.13. The number of hydrogen-bond donors (Lipinski definition) is 3. The van der Waals surface area contributed by atoms with Gasteiger partial charge in [-0.15, -0.1) is 0 Å². The summed E-state index contributed by atoms with van der Waals surface area (Å²) in [5.41, 5.74) is 1.39. The van der Waals surface area contributed by atoms with Gasteiger partial charge in [-0.05, 0) is 30.5 Å². The van der Waals surface area contributed by atoms with Crippen LogP contribution >= 0.6 is 0 Å². The summed E-state index contributed by atoms with van der Waals surface area (Å²) in [5.74, 6) is -0.174. The fraction of sp³-hybridized carbons (Fsp3) is 0.357. The molecule has 20 heavy (non-hydrogen) atoms. The summed E-state index contributed by atoms with van der Waals surface area (Å²) in [6.45, 7) is 0. The number of urea groups is 1. The lowest BCUT2D eigenvalue weighted by Gasteiger charge is -2.24. The average molecular weight is 273 g/mol. The van der Waals surface area contributed by atoms with Crippen LogP contribution in [0.1, 0.15) is 30.9 Å². The number of anilines is 1. The van der Waals surface area contributed by atoms with E-state index in [0.717, 1.165) is 19.3 Å². The average Bonchev–Trinajstić information content (AvgIpc) is 2.67. The lowest BCUT2D eigenvalue weighted by molar-refractivity contribution is -0.122. The lowest BCUT2D eigenvalue weighted by atomic mass is 9.85. The topological polar surface area (TPSA) is 87.3 Å². The summed E-state index contributed by atoms with van der Waals surface area (Å²) < 4.78 is 0. The number of amides is 4. The molecule has 3 N–H and O–H groups in total. The monoisotopic (exact) mass is 273 g/mol. The number of hydrogen-bond acceptors (Lipinski definition) is 3. The molecule has 0 bridgehead atoms. The molecule has 1 unspecified atom stereocenters. The number of imide groups is 1. The van der Waals surface area contributed by atoms with Crippen molar-refractivity contribution in [2.75, 3.05) is 5.32 Å². The van der Waals surface area contributed by atoms with E-state index in [4.69, 9.17) is 0 Å². The maximum Gasteiger partial charge on any atom is 0.322 e. The molecule has 2 aliphatic rings. The van der Waals surface area contributed by atoms with Crippen LogP contribution in [0.2, 0.25) is 0 Å². The smallest absolute Gasteiger partial charge is 0.322 e. The molecular weight excluding hydrogens is 258 g/mol. The molecule has 4 amide bonds. The van der Waals surface area contributed by atoms with E-state index >= 15 is 0 Å². The first-order valence-corrected chi connectivity index (χ1v) is 6.65. The Kier molecular flexibility index (Phi) is 3.14. The molecule has 1 saturated heterocycles. The Balaban J connectivity index is 1.66. The minimum Gasteiger partial charge on any atom is -0.326 e. The lowest BCUT2D eigenvalue weighted by Crippen LogP contribution is -2.28. The maximum absolute atomic E-state index is 11.8. The second kappa shape index (κ2) is 4.96. The van der Waals surface area contributed by atoms with Gasteiger partial charge in [-0.1, -0.05) is 18.6 Å². The third-order valence-corrected chi connectivity index (χ3v) is 3.76. The Labute approximate surface area is 115 Å². The first kappa shape index (κ1) is 12.7. The molecule has 0 spiro atoms. The zero-order chi connectivity index (χ0) is 14.1. The van der Waals surface area contributed by atoms with Gasteiger partial charge in [0.25, 0.3) is 5.91 Å². The van der Waals surface area contributed by atoms with Crippen LogP contribution in [0.3, 0.4) is 0 Å². The largest absolute Gasteiger partial charge is 0.326 e. The molecule has 3 rings (SSSR count). The van der Waals surface area contributed by atoms with Crippen molar-refractivity contribution in [1.29, 1.82) is 0 Å². The second-order valence-electron chi connectivity index (χ2n) is 5.13. The molecule has 1 aliphatic heterocycles. The van der Waals surface area contributed by atoms with Gasteiger partial charge in [-0.2, -0.15) is 0 Å². The Bertz CT molecular complexity index is 564. The summed E-state index contributed by atoms with van der Waals surface area (Å²) in [6.07, 6.45) is 3.03. The van der Waals surface area contributed by atoms with Crippen molar-refractivity contribution in [3.8, 4) is 0 Å². The Morgan fingerprint density at radius 3 is 2.35 bits per heavy atom. The van der Waals surface area contributed by atoms with Crippen LogP contribution in [0.5, 0.6) is 0 Å². The zero-order valence-electron chi connectivity index (χ0n) is 10.8. The van der Waals surface area contributed by atoms with Gasteiger partial charge < -0.3 is 10.6 Å². The van der Waals surface area contributed by atoms with Gasteiger partial charge in [0.15, 0.2) is 0 Å². The highest BCUT2D eigenvalue weighted by Gasteiger charge is 2.30.